The van der Waals surface area contributed by atoms with Crippen molar-refractivity contribution >= 4 is 11.8 Å². The van der Waals surface area contributed by atoms with Crippen molar-refractivity contribution in [1.82, 2.24) is 4.90 Å². The Balaban J connectivity index is 3.52. The van der Waals surface area contributed by atoms with Crippen molar-refractivity contribution in [2.24, 2.45) is 5.73 Å². The fraction of sp³-hybridized carbons (Fsp3) is 1.00. The van der Waals surface area contributed by atoms with E-state index in [-0.39, 0.29) is 0 Å². The lowest BCUT2D eigenvalue weighted by Gasteiger charge is -2.26. The molecule has 0 rings (SSSR count). The van der Waals surface area contributed by atoms with Crippen molar-refractivity contribution in [1.29, 1.82) is 0 Å². The van der Waals surface area contributed by atoms with Crippen LogP contribution in [0.25, 0.3) is 0 Å². The van der Waals surface area contributed by atoms with Crippen LogP contribution in [-0.2, 0) is 4.74 Å². The maximum absolute atomic E-state index is 5.35. The fourth-order valence-corrected chi connectivity index (χ4v) is 2.20. The monoisotopic (exact) mass is 220 g/mol. The molecule has 0 heterocycles. The van der Waals surface area contributed by atoms with E-state index in [1.807, 2.05) is 11.8 Å². The van der Waals surface area contributed by atoms with Gasteiger partial charge in [0.15, 0.2) is 0 Å². The largest absolute Gasteiger partial charge is 0.379 e. The molecule has 0 aliphatic rings. The van der Waals surface area contributed by atoms with Gasteiger partial charge in [-0.25, -0.2) is 0 Å². The second-order valence-corrected chi connectivity index (χ2v) is 4.31. The zero-order chi connectivity index (χ0) is 10.8. The van der Waals surface area contributed by atoms with Crippen LogP contribution in [0.3, 0.4) is 0 Å². The van der Waals surface area contributed by atoms with E-state index in [0.29, 0.717) is 19.2 Å². The molecule has 4 heteroatoms. The third kappa shape index (κ3) is 6.65. The molecular formula is C10H24N2OS. The molecule has 0 bridgehead atoms. The molecule has 0 saturated carbocycles. The van der Waals surface area contributed by atoms with E-state index in [1.165, 1.54) is 12.2 Å². The lowest BCUT2D eigenvalue weighted by Crippen LogP contribution is -2.35. The molecule has 0 saturated heterocycles. The Labute approximate surface area is 92.4 Å². The lowest BCUT2D eigenvalue weighted by molar-refractivity contribution is 0.106. The summed E-state index contributed by atoms with van der Waals surface area (Å²) >= 11 is 1.90. The predicted octanol–water partition coefficient (Wildman–Crippen LogP) is 1.04. The van der Waals surface area contributed by atoms with Crippen molar-refractivity contribution in [2.45, 2.75) is 19.4 Å². The van der Waals surface area contributed by atoms with Crippen LogP contribution in [0.1, 0.15) is 13.3 Å². The third-order valence-corrected chi connectivity index (χ3v) is 3.02. The normalized spacial score (nSPS) is 13.5. The first-order chi connectivity index (χ1) is 6.76. The summed E-state index contributed by atoms with van der Waals surface area (Å²) < 4.78 is 5.35. The van der Waals surface area contributed by atoms with Gasteiger partial charge in [-0.15, -0.1) is 0 Å². The second-order valence-electron chi connectivity index (χ2n) is 3.40. The molecule has 0 aromatic rings. The molecule has 86 valence electrons. The zero-order valence-electron chi connectivity index (χ0n) is 9.66. The van der Waals surface area contributed by atoms with Gasteiger partial charge < -0.3 is 15.4 Å². The molecule has 0 radical (unpaired) electrons. The van der Waals surface area contributed by atoms with Crippen LogP contribution in [0.5, 0.6) is 0 Å². The van der Waals surface area contributed by atoms with Crippen LogP contribution in [0, 0.1) is 0 Å². The smallest absolute Gasteiger partial charge is 0.0594 e. The van der Waals surface area contributed by atoms with Crippen LogP contribution in [0.15, 0.2) is 0 Å². The minimum Gasteiger partial charge on any atom is -0.379 e. The molecule has 0 aromatic carbocycles. The first-order valence-corrected chi connectivity index (χ1v) is 6.62. The Bertz CT molecular complexity index is 125. The number of nitrogens with zero attached hydrogens (tertiary/aromatic N) is 1. The highest BCUT2D eigenvalue weighted by molar-refractivity contribution is 7.98. The summed E-state index contributed by atoms with van der Waals surface area (Å²) in [5, 5.41) is 0. The molecule has 1 unspecified atom stereocenters. The van der Waals surface area contributed by atoms with Gasteiger partial charge in [-0.2, -0.15) is 11.8 Å². The van der Waals surface area contributed by atoms with Gasteiger partial charge in [-0.05, 0) is 19.7 Å². The summed E-state index contributed by atoms with van der Waals surface area (Å²) in [5.74, 6) is 1.20. The summed E-state index contributed by atoms with van der Waals surface area (Å²) in [6.45, 7) is 5.31. The first-order valence-electron chi connectivity index (χ1n) is 5.23. The van der Waals surface area contributed by atoms with E-state index in [4.69, 9.17) is 10.5 Å². The minimum atomic E-state index is 0.617. The van der Waals surface area contributed by atoms with Crippen molar-refractivity contribution in [3.05, 3.63) is 0 Å². The van der Waals surface area contributed by atoms with Gasteiger partial charge in [0.1, 0.15) is 0 Å². The van der Waals surface area contributed by atoms with Crippen molar-refractivity contribution in [3.8, 4) is 0 Å². The SMILES string of the molecule is CCC(CSC)N(C)CCOCCN. The van der Waals surface area contributed by atoms with Crippen molar-refractivity contribution in [2.75, 3.05) is 45.4 Å². The Kier molecular flexibility index (Phi) is 9.93. The van der Waals surface area contributed by atoms with Gasteiger partial charge in [0.2, 0.25) is 0 Å². The zero-order valence-corrected chi connectivity index (χ0v) is 10.5. The molecule has 0 amide bonds. The molecule has 1 atom stereocenters. The molecule has 0 aliphatic carbocycles. The lowest BCUT2D eigenvalue weighted by atomic mass is 10.2. The minimum absolute atomic E-state index is 0.617. The van der Waals surface area contributed by atoms with Gasteiger partial charge in [-0.3, -0.25) is 0 Å². The summed E-state index contributed by atoms with van der Waals surface area (Å²) in [7, 11) is 2.16. The molecule has 0 spiro atoms. The highest BCUT2D eigenvalue weighted by Gasteiger charge is 2.10. The predicted molar refractivity (Wildman–Crippen MR) is 65.0 cm³/mol. The number of likely N-dealkylation sites (N-methyl/N-ethyl adjacent to an activating group) is 1. The fourth-order valence-electron chi connectivity index (χ4n) is 1.33. The highest BCUT2D eigenvalue weighted by atomic mass is 32.2. The van der Waals surface area contributed by atoms with Crippen LogP contribution in [0.2, 0.25) is 0 Å². The molecule has 14 heavy (non-hydrogen) atoms. The van der Waals surface area contributed by atoms with E-state index in [1.54, 1.807) is 0 Å². The number of hydrogen-bond acceptors (Lipinski definition) is 4. The molecule has 0 fully saturated rings. The Morgan fingerprint density at radius 2 is 2.14 bits per heavy atom. The summed E-state index contributed by atoms with van der Waals surface area (Å²) in [6.07, 6.45) is 3.36. The van der Waals surface area contributed by atoms with Gasteiger partial charge in [0.05, 0.1) is 13.2 Å². The van der Waals surface area contributed by atoms with Crippen molar-refractivity contribution < 1.29 is 4.74 Å². The summed E-state index contributed by atoms with van der Waals surface area (Å²) in [6, 6.07) is 0.673. The van der Waals surface area contributed by atoms with E-state index < -0.39 is 0 Å². The van der Waals surface area contributed by atoms with Crippen LogP contribution in [-0.4, -0.2) is 56.3 Å². The number of nitrogens with two attached hydrogens (primary N) is 1. The summed E-state index contributed by atoms with van der Waals surface area (Å²) in [5.41, 5.74) is 5.34. The molecule has 0 aromatic heterocycles. The van der Waals surface area contributed by atoms with Gasteiger partial charge in [0, 0.05) is 24.9 Å². The second kappa shape index (κ2) is 9.77. The van der Waals surface area contributed by atoms with E-state index >= 15 is 0 Å². The van der Waals surface area contributed by atoms with Crippen LogP contribution < -0.4 is 5.73 Å². The number of thioether (sulfide) groups is 1. The van der Waals surface area contributed by atoms with Gasteiger partial charge in [-0.1, -0.05) is 6.92 Å². The third-order valence-electron chi connectivity index (χ3n) is 2.30. The van der Waals surface area contributed by atoms with Gasteiger partial charge >= 0.3 is 0 Å². The maximum Gasteiger partial charge on any atom is 0.0594 e. The topological polar surface area (TPSA) is 38.5 Å². The standard InChI is InChI=1S/C10H24N2OS/c1-4-10(9-14-3)12(2)6-8-13-7-5-11/h10H,4-9,11H2,1-3H3. The first kappa shape index (κ1) is 14.2. The maximum atomic E-state index is 5.35. The molecular weight excluding hydrogens is 196 g/mol. The Morgan fingerprint density at radius 1 is 1.43 bits per heavy atom. The molecule has 0 aliphatic heterocycles. The van der Waals surface area contributed by atoms with Crippen molar-refractivity contribution in [3.63, 3.8) is 0 Å². The highest BCUT2D eigenvalue weighted by Crippen LogP contribution is 2.07. The van der Waals surface area contributed by atoms with Crippen LogP contribution in [0.4, 0.5) is 0 Å². The number of rotatable bonds is 9. The quantitative estimate of drug-likeness (QED) is 0.589. The number of ether oxygens (including phenoxy) is 1. The Morgan fingerprint density at radius 3 is 2.64 bits per heavy atom. The van der Waals surface area contributed by atoms with E-state index in [2.05, 4.69) is 25.1 Å². The summed E-state index contributed by atoms with van der Waals surface area (Å²) in [4.78, 5) is 2.37. The molecule has 2 N–H and O–H groups in total. The van der Waals surface area contributed by atoms with Crippen LogP contribution >= 0.6 is 11.8 Å². The Hall–Kier alpha value is 0.230. The van der Waals surface area contributed by atoms with Gasteiger partial charge in [0.25, 0.3) is 0 Å². The van der Waals surface area contributed by atoms with E-state index in [9.17, 15) is 0 Å². The number of hydrogen-bond donors (Lipinski definition) is 1. The molecule has 3 nitrogen and oxygen atoms in total. The average molecular weight is 220 g/mol. The average Bonchev–Trinajstić information content (AvgIpc) is 2.20. The van der Waals surface area contributed by atoms with E-state index in [0.717, 1.165) is 13.2 Å².